The highest BCUT2D eigenvalue weighted by Crippen LogP contribution is 2.30. The van der Waals surface area contributed by atoms with Gasteiger partial charge in [-0.25, -0.2) is 9.50 Å². The van der Waals surface area contributed by atoms with Gasteiger partial charge in [0.25, 0.3) is 0 Å². The molecule has 4 aromatic rings. The Morgan fingerprint density at radius 3 is 2.84 bits per heavy atom. The van der Waals surface area contributed by atoms with Crippen molar-refractivity contribution in [2.75, 3.05) is 25.1 Å². The zero-order valence-corrected chi connectivity index (χ0v) is 18.7. The van der Waals surface area contributed by atoms with Gasteiger partial charge in [0, 0.05) is 43.5 Å². The third kappa shape index (κ3) is 4.05. The maximum absolute atomic E-state index is 12.8. The number of anilines is 1. The Balaban J connectivity index is 1.24. The van der Waals surface area contributed by atoms with Crippen LogP contribution >= 0.6 is 11.3 Å². The molecule has 0 unspecified atom stereocenters. The fourth-order valence-corrected chi connectivity index (χ4v) is 4.91. The fraction of sp³-hybridized carbons (Fsp3) is 0.292. The average Bonchev–Trinajstić information content (AvgIpc) is 3.52. The van der Waals surface area contributed by atoms with Crippen LogP contribution in [-0.4, -0.2) is 40.7 Å². The van der Waals surface area contributed by atoms with E-state index in [4.69, 9.17) is 9.84 Å². The number of rotatable bonds is 6. The van der Waals surface area contributed by atoms with Crippen molar-refractivity contribution in [3.05, 3.63) is 65.8 Å². The van der Waals surface area contributed by atoms with Crippen LogP contribution in [0.3, 0.4) is 0 Å². The van der Waals surface area contributed by atoms with Crippen LogP contribution in [0.2, 0.25) is 0 Å². The molecule has 0 radical (unpaired) electrons. The van der Waals surface area contributed by atoms with Gasteiger partial charge in [-0.2, -0.15) is 5.10 Å². The number of methoxy groups -OCH3 is 1. The molecule has 1 amide bonds. The summed E-state index contributed by atoms with van der Waals surface area (Å²) in [6.07, 6.45) is 5.27. The molecule has 0 aliphatic carbocycles. The second-order valence-electron chi connectivity index (χ2n) is 7.88. The summed E-state index contributed by atoms with van der Waals surface area (Å²) in [5.74, 6) is 1.83. The van der Waals surface area contributed by atoms with E-state index in [1.165, 1.54) is 0 Å². The lowest BCUT2D eigenvalue weighted by Gasteiger charge is -2.32. The summed E-state index contributed by atoms with van der Waals surface area (Å²) in [5.41, 5.74) is 2.94. The topological polar surface area (TPSA) is 71.8 Å². The summed E-state index contributed by atoms with van der Waals surface area (Å²) in [4.78, 5) is 20.8. The van der Waals surface area contributed by atoms with E-state index in [0.29, 0.717) is 6.54 Å². The molecule has 164 valence electrons. The van der Waals surface area contributed by atoms with E-state index >= 15 is 0 Å². The van der Waals surface area contributed by atoms with E-state index in [9.17, 15) is 4.79 Å². The van der Waals surface area contributed by atoms with E-state index in [-0.39, 0.29) is 11.8 Å². The van der Waals surface area contributed by atoms with Gasteiger partial charge in [0.05, 0.1) is 12.0 Å². The van der Waals surface area contributed by atoms with Crippen LogP contribution in [-0.2, 0) is 11.3 Å². The highest BCUT2D eigenvalue weighted by Gasteiger charge is 2.27. The maximum Gasteiger partial charge on any atom is 0.223 e. The second-order valence-corrected chi connectivity index (χ2v) is 8.83. The van der Waals surface area contributed by atoms with Gasteiger partial charge in [-0.1, -0.05) is 24.3 Å². The smallest absolute Gasteiger partial charge is 0.223 e. The number of nitrogens with zero attached hydrogens (tertiary/aromatic N) is 4. The van der Waals surface area contributed by atoms with Gasteiger partial charge in [0.1, 0.15) is 17.0 Å². The minimum Gasteiger partial charge on any atom is -0.496 e. The van der Waals surface area contributed by atoms with Gasteiger partial charge in [-0.05, 0) is 36.4 Å². The molecule has 1 aliphatic heterocycles. The molecule has 1 N–H and O–H groups in total. The van der Waals surface area contributed by atoms with Crippen molar-refractivity contribution in [1.29, 1.82) is 0 Å². The minimum absolute atomic E-state index is 0.00674. The van der Waals surface area contributed by atoms with E-state index in [1.54, 1.807) is 24.6 Å². The highest BCUT2D eigenvalue weighted by atomic mass is 32.1. The Morgan fingerprint density at radius 1 is 1.22 bits per heavy atom. The van der Waals surface area contributed by atoms with Crippen molar-refractivity contribution in [3.8, 4) is 16.3 Å². The highest BCUT2D eigenvalue weighted by molar-refractivity contribution is 7.13. The minimum atomic E-state index is 0.00674. The number of fused-ring (bicyclic) bond motifs is 1. The Kier molecular flexibility index (Phi) is 5.77. The number of ether oxygens (including phenoxy) is 1. The molecule has 1 aliphatic rings. The number of hydrogen-bond acceptors (Lipinski definition) is 6. The molecule has 8 heteroatoms. The molecule has 0 atom stereocenters. The molecule has 32 heavy (non-hydrogen) atoms. The number of hydrogen-bond donors (Lipinski definition) is 1. The molecule has 4 heterocycles. The largest absolute Gasteiger partial charge is 0.496 e. The van der Waals surface area contributed by atoms with Crippen LogP contribution < -0.4 is 15.0 Å². The molecular formula is C24H25N5O2S. The van der Waals surface area contributed by atoms with Crippen LogP contribution in [0, 0.1) is 5.92 Å². The van der Waals surface area contributed by atoms with Crippen LogP contribution in [0.25, 0.3) is 16.1 Å². The fourth-order valence-electron chi connectivity index (χ4n) is 4.23. The first-order valence-electron chi connectivity index (χ1n) is 10.8. The van der Waals surface area contributed by atoms with Crippen molar-refractivity contribution in [2.24, 2.45) is 5.92 Å². The third-order valence-corrected chi connectivity index (χ3v) is 6.85. The zero-order valence-electron chi connectivity index (χ0n) is 17.9. The lowest BCUT2D eigenvalue weighted by atomic mass is 9.95. The number of thiophene rings is 1. The van der Waals surface area contributed by atoms with E-state index in [1.807, 2.05) is 41.0 Å². The standard InChI is InChI=1S/C24H25N5O2S/c1-31-21-6-3-2-5-18(21)16-26-24(30)17-8-11-28(12-9-17)23-20-15-19(22-7-4-14-32-22)27-29(20)13-10-25-23/h2-7,10,13-15,17H,8-9,11-12,16H2,1H3,(H,26,30). The number of nitrogens with one attached hydrogen (secondary N) is 1. The molecule has 1 fully saturated rings. The Bertz CT molecular complexity index is 1210. The van der Waals surface area contributed by atoms with E-state index in [0.717, 1.165) is 59.1 Å². The first-order valence-corrected chi connectivity index (χ1v) is 11.6. The number of carbonyl (C=O) groups excluding carboxylic acids is 1. The predicted molar refractivity (Wildman–Crippen MR) is 126 cm³/mol. The van der Waals surface area contributed by atoms with Gasteiger partial charge in [-0.3, -0.25) is 4.79 Å². The van der Waals surface area contributed by atoms with E-state index < -0.39 is 0 Å². The van der Waals surface area contributed by atoms with Gasteiger partial charge in [-0.15, -0.1) is 11.3 Å². The van der Waals surface area contributed by atoms with Crippen molar-refractivity contribution < 1.29 is 9.53 Å². The first-order chi connectivity index (χ1) is 15.7. The second kappa shape index (κ2) is 9.00. The van der Waals surface area contributed by atoms with Gasteiger partial charge < -0.3 is 15.0 Å². The summed E-state index contributed by atoms with van der Waals surface area (Å²) >= 11 is 1.68. The Hall–Kier alpha value is -3.39. The molecule has 5 rings (SSSR count). The number of benzene rings is 1. The molecule has 3 aromatic heterocycles. The number of aromatic nitrogens is 3. The Morgan fingerprint density at radius 2 is 2.06 bits per heavy atom. The zero-order chi connectivity index (χ0) is 21.9. The molecule has 1 aromatic carbocycles. The predicted octanol–water partition coefficient (Wildman–Crippen LogP) is 4.00. The monoisotopic (exact) mass is 447 g/mol. The third-order valence-electron chi connectivity index (χ3n) is 5.95. The average molecular weight is 448 g/mol. The Labute approximate surface area is 190 Å². The summed E-state index contributed by atoms with van der Waals surface area (Å²) in [5, 5.41) is 9.85. The molecule has 0 spiro atoms. The quantitative estimate of drug-likeness (QED) is 0.484. The lowest BCUT2D eigenvalue weighted by molar-refractivity contribution is -0.125. The van der Waals surface area contributed by atoms with Crippen LogP contribution in [0.4, 0.5) is 5.82 Å². The van der Waals surface area contributed by atoms with Gasteiger partial charge in [0.2, 0.25) is 5.91 Å². The van der Waals surface area contributed by atoms with Crippen LogP contribution in [0.15, 0.2) is 60.2 Å². The summed E-state index contributed by atoms with van der Waals surface area (Å²) < 4.78 is 7.27. The van der Waals surface area contributed by atoms with Crippen LogP contribution in [0.1, 0.15) is 18.4 Å². The molecule has 0 bridgehead atoms. The first kappa shape index (κ1) is 20.5. The number of piperidine rings is 1. The molecule has 7 nitrogen and oxygen atoms in total. The number of carbonyl (C=O) groups is 1. The van der Waals surface area contributed by atoms with Crippen molar-refractivity contribution >= 4 is 28.6 Å². The van der Waals surface area contributed by atoms with Crippen LogP contribution in [0.5, 0.6) is 5.75 Å². The van der Waals surface area contributed by atoms with Crippen molar-refractivity contribution in [3.63, 3.8) is 0 Å². The van der Waals surface area contributed by atoms with Crippen molar-refractivity contribution in [2.45, 2.75) is 19.4 Å². The summed E-state index contributed by atoms with van der Waals surface area (Å²) in [7, 11) is 1.65. The normalized spacial score (nSPS) is 14.6. The maximum atomic E-state index is 12.8. The van der Waals surface area contributed by atoms with Gasteiger partial charge in [0.15, 0.2) is 5.82 Å². The lowest BCUT2D eigenvalue weighted by Crippen LogP contribution is -2.40. The van der Waals surface area contributed by atoms with Crippen molar-refractivity contribution in [1.82, 2.24) is 19.9 Å². The molecular weight excluding hydrogens is 422 g/mol. The number of para-hydroxylation sites is 1. The van der Waals surface area contributed by atoms with E-state index in [2.05, 4.69) is 32.7 Å². The molecule has 0 saturated carbocycles. The number of amides is 1. The summed E-state index contributed by atoms with van der Waals surface area (Å²) in [6, 6.07) is 14.0. The van der Waals surface area contributed by atoms with Gasteiger partial charge >= 0.3 is 0 Å². The molecule has 1 saturated heterocycles. The summed E-state index contributed by atoms with van der Waals surface area (Å²) in [6.45, 7) is 2.06. The SMILES string of the molecule is COc1ccccc1CNC(=O)C1CCN(c2nccn3nc(-c4cccs4)cc23)CC1.